The number of piperidine rings is 1. The molecule has 0 radical (unpaired) electrons. The molecule has 1 spiro atoms. The normalized spacial score (nSPS) is 17.1. The first-order valence-corrected chi connectivity index (χ1v) is 14.1. The first-order valence-electron chi connectivity index (χ1n) is 14.1. The number of likely N-dealkylation sites (tertiary alicyclic amines) is 2. The van der Waals surface area contributed by atoms with Crippen molar-refractivity contribution in [3.63, 3.8) is 0 Å². The van der Waals surface area contributed by atoms with E-state index in [1.54, 1.807) is 26.4 Å². The molecule has 0 aromatic heterocycles. The van der Waals surface area contributed by atoms with Crippen molar-refractivity contribution in [1.29, 1.82) is 0 Å². The van der Waals surface area contributed by atoms with Crippen LogP contribution in [0.2, 0.25) is 0 Å². The molecule has 0 aliphatic carbocycles. The van der Waals surface area contributed by atoms with Crippen molar-refractivity contribution >= 4 is 24.2 Å². The average Bonchev–Trinajstić information content (AvgIpc) is 3.30. The van der Waals surface area contributed by atoms with Gasteiger partial charge >= 0.3 is 0 Å². The molecule has 2 heterocycles. The fourth-order valence-corrected chi connectivity index (χ4v) is 5.99. The van der Waals surface area contributed by atoms with Crippen LogP contribution in [-0.4, -0.2) is 62.0 Å². The van der Waals surface area contributed by atoms with E-state index in [0.717, 1.165) is 68.7 Å². The number of hydrogen-bond acceptors (Lipinski definition) is 5. The third-order valence-electron chi connectivity index (χ3n) is 8.52. The Morgan fingerprint density at radius 2 is 1.56 bits per heavy atom. The molecule has 5 rings (SSSR count). The van der Waals surface area contributed by atoms with Crippen LogP contribution in [0.15, 0.2) is 78.9 Å². The van der Waals surface area contributed by atoms with Gasteiger partial charge in [0, 0.05) is 25.2 Å². The van der Waals surface area contributed by atoms with Crippen LogP contribution < -0.4 is 14.8 Å². The molecule has 2 aliphatic rings. The van der Waals surface area contributed by atoms with E-state index in [1.807, 2.05) is 59.5 Å². The van der Waals surface area contributed by atoms with Gasteiger partial charge in [-0.15, -0.1) is 12.4 Å². The van der Waals surface area contributed by atoms with Gasteiger partial charge in [-0.2, -0.15) is 0 Å². The summed E-state index contributed by atoms with van der Waals surface area (Å²) in [4.78, 5) is 31.1. The molecule has 1 N–H and O–H groups in total. The van der Waals surface area contributed by atoms with Gasteiger partial charge in [0.25, 0.3) is 5.91 Å². The summed E-state index contributed by atoms with van der Waals surface area (Å²) in [7, 11) is 3.26. The van der Waals surface area contributed by atoms with Crippen LogP contribution in [0.3, 0.4) is 0 Å². The maximum absolute atomic E-state index is 13.5. The average molecular weight is 578 g/mol. The predicted molar refractivity (Wildman–Crippen MR) is 163 cm³/mol. The molecule has 2 fully saturated rings. The van der Waals surface area contributed by atoms with Crippen molar-refractivity contribution in [1.82, 2.24) is 15.1 Å². The fourth-order valence-electron chi connectivity index (χ4n) is 5.99. The Morgan fingerprint density at radius 3 is 2.24 bits per heavy atom. The van der Waals surface area contributed by atoms with Crippen molar-refractivity contribution in [2.45, 2.75) is 38.3 Å². The summed E-state index contributed by atoms with van der Waals surface area (Å²) >= 11 is 0. The van der Waals surface area contributed by atoms with Crippen LogP contribution in [0.4, 0.5) is 0 Å². The van der Waals surface area contributed by atoms with Gasteiger partial charge in [-0.1, -0.05) is 48.5 Å². The number of carbonyl (C=O) groups excluding carboxylic acids is 2. The third-order valence-corrected chi connectivity index (χ3v) is 8.52. The number of benzene rings is 3. The highest BCUT2D eigenvalue weighted by molar-refractivity contribution is 5.94. The van der Waals surface area contributed by atoms with Crippen molar-refractivity contribution in [3.05, 3.63) is 95.6 Å². The SMILES string of the molecule is COc1ccc(CN2CCC3(CCN(CCC(NC(=O)c4cccc(OC)c4)c4ccccc4)CC3)C2=O)cc1.Cl. The standard InChI is InChI=1S/C33H39N3O4.ClH/c1-39-28-13-11-25(12-14-28)24-36-22-18-33(32(36)38)16-20-35(21-17-33)19-15-30(26-7-4-3-5-8-26)34-31(37)27-9-6-10-29(23-27)40-2;/h3-14,23,30H,15-22,24H2,1-2H3,(H,34,37);1H. The molecule has 1 unspecified atom stereocenters. The van der Waals surface area contributed by atoms with Crippen molar-refractivity contribution < 1.29 is 19.1 Å². The second-order valence-electron chi connectivity index (χ2n) is 10.9. The number of carbonyl (C=O) groups is 2. The quantitative estimate of drug-likeness (QED) is 0.344. The molecule has 2 saturated heterocycles. The lowest BCUT2D eigenvalue weighted by Crippen LogP contribution is -2.45. The highest BCUT2D eigenvalue weighted by atomic mass is 35.5. The molecule has 2 aliphatic heterocycles. The molecule has 3 aromatic carbocycles. The predicted octanol–water partition coefficient (Wildman–Crippen LogP) is 5.50. The maximum atomic E-state index is 13.5. The first-order chi connectivity index (χ1) is 19.5. The zero-order valence-electron chi connectivity index (χ0n) is 23.9. The van der Waals surface area contributed by atoms with Crippen LogP contribution in [-0.2, 0) is 11.3 Å². The second kappa shape index (κ2) is 13.9. The maximum Gasteiger partial charge on any atom is 0.251 e. The Morgan fingerprint density at radius 1 is 0.878 bits per heavy atom. The van der Waals surface area contributed by atoms with Crippen LogP contribution in [0.5, 0.6) is 11.5 Å². The van der Waals surface area contributed by atoms with Gasteiger partial charge < -0.3 is 24.6 Å². The summed E-state index contributed by atoms with van der Waals surface area (Å²) in [5, 5.41) is 3.24. The van der Waals surface area contributed by atoms with Gasteiger partial charge in [0.15, 0.2) is 0 Å². The van der Waals surface area contributed by atoms with Crippen LogP contribution in [0, 0.1) is 5.41 Å². The number of nitrogens with one attached hydrogen (secondary N) is 1. The minimum atomic E-state index is -0.234. The summed E-state index contributed by atoms with van der Waals surface area (Å²) in [6, 6.07) is 25.2. The molecular weight excluding hydrogens is 538 g/mol. The number of methoxy groups -OCH3 is 2. The van der Waals surface area contributed by atoms with Gasteiger partial charge in [-0.3, -0.25) is 9.59 Å². The van der Waals surface area contributed by atoms with E-state index in [0.29, 0.717) is 23.8 Å². The number of amides is 2. The Bertz CT molecular complexity index is 1290. The topological polar surface area (TPSA) is 71.1 Å². The molecule has 0 saturated carbocycles. The fraction of sp³-hybridized carbons (Fsp3) is 0.394. The van der Waals surface area contributed by atoms with E-state index in [9.17, 15) is 9.59 Å². The van der Waals surface area contributed by atoms with E-state index >= 15 is 0 Å². The smallest absolute Gasteiger partial charge is 0.251 e. The van der Waals surface area contributed by atoms with Gasteiger partial charge in [0.05, 0.1) is 25.7 Å². The lowest BCUT2D eigenvalue weighted by atomic mass is 9.77. The monoisotopic (exact) mass is 577 g/mol. The molecule has 2 amide bonds. The van der Waals surface area contributed by atoms with Crippen molar-refractivity contribution in [3.8, 4) is 11.5 Å². The Kier molecular flexibility index (Phi) is 10.3. The lowest BCUT2D eigenvalue weighted by molar-refractivity contribution is -0.138. The Labute approximate surface area is 249 Å². The summed E-state index contributed by atoms with van der Waals surface area (Å²) in [5.74, 6) is 1.68. The van der Waals surface area contributed by atoms with Gasteiger partial charge in [0.2, 0.25) is 5.91 Å². The second-order valence-corrected chi connectivity index (χ2v) is 10.9. The van der Waals surface area contributed by atoms with Gasteiger partial charge in [0.1, 0.15) is 11.5 Å². The highest BCUT2D eigenvalue weighted by Crippen LogP contribution is 2.42. The summed E-state index contributed by atoms with van der Waals surface area (Å²) in [6.45, 7) is 4.12. The minimum Gasteiger partial charge on any atom is -0.497 e. The zero-order valence-corrected chi connectivity index (χ0v) is 24.7. The van der Waals surface area contributed by atoms with E-state index in [-0.39, 0.29) is 29.8 Å². The van der Waals surface area contributed by atoms with E-state index < -0.39 is 0 Å². The molecular formula is C33H40ClN3O4. The molecule has 1 atom stereocenters. The molecule has 7 nitrogen and oxygen atoms in total. The number of hydrogen-bond donors (Lipinski definition) is 1. The molecule has 8 heteroatoms. The Hall–Kier alpha value is -3.55. The molecule has 218 valence electrons. The zero-order chi connectivity index (χ0) is 28.0. The number of rotatable bonds is 10. The van der Waals surface area contributed by atoms with E-state index in [4.69, 9.17) is 9.47 Å². The lowest BCUT2D eigenvalue weighted by Gasteiger charge is -2.38. The Balaban J connectivity index is 0.00000387. The first kappa shape index (κ1) is 30.4. The van der Waals surface area contributed by atoms with Crippen molar-refractivity contribution in [2.75, 3.05) is 40.4 Å². The number of halogens is 1. The largest absolute Gasteiger partial charge is 0.497 e. The summed E-state index contributed by atoms with van der Waals surface area (Å²) < 4.78 is 10.6. The summed E-state index contributed by atoms with van der Waals surface area (Å²) in [6.07, 6.45) is 3.50. The molecule has 0 bridgehead atoms. The van der Waals surface area contributed by atoms with Gasteiger partial charge in [-0.05, 0) is 80.2 Å². The number of nitrogens with zero attached hydrogens (tertiary/aromatic N) is 2. The minimum absolute atomic E-state index is 0. The number of ether oxygens (including phenoxy) is 2. The van der Waals surface area contributed by atoms with Crippen LogP contribution in [0.1, 0.15) is 53.2 Å². The molecule has 41 heavy (non-hydrogen) atoms. The molecule has 3 aromatic rings. The van der Waals surface area contributed by atoms with E-state index in [2.05, 4.69) is 22.3 Å². The van der Waals surface area contributed by atoms with Crippen molar-refractivity contribution in [2.24, 2.45) is 5.41 Å². The summed E-state index contributed by atoms with van der Waals surface area (Å²) in [5.41, 5.74) is 2.57. The van der Waals surface area contributed by atoms with Crippen LogP contribution >= 0.6 is 12.4 Å². The van der Waals surface area contributed by atoms with E-state index in [1.165, 1.54) is 0 Å². The van der Waals surface area contributed by atoms with Crippen LogP contribution in [0.25, 0.3) is 0 Å². The third kappa shape index (κ3) is 7.21. The highest BCUT2D eigenvalue weighted by Gasteiger charge is 2.47. The van der Waals surface area contributed by atoms with Gasteiger partial charge in [-0.25, -0.2) is 0 Å².